The van der Waals surface area contributed by atoms with Crippen molar-refractivity contribution in [3.8, 4) is 0 Å². The Kier molecular flexibility index (Phi) is 3.49. The standard InChI is InChI=1S/C12H17N3O2/c13-11-4-2-1-3-9(11)7-14-10-5-6-15(8-10)12(16)17/h1-4,10,14H,5-8,13H2,(H,16,17). The van der Waals surface area contributed by atoms with E-state index in [4.69, 9.17) is 10.8 Å². The molecule has 5 heteroatoms. The van der Waals surface area contributed by atoms with Gasteiger partial charge in [0.2, 0.25) is 0 Å². The number of nitrogen functional groups attached to an aromatic ring is 1. The van der Waals surface area contributed by atoms with Crippen LogP contribution >= 0.6 is 0 Å². The summed E-state index contributed by atoms with van der Waals surface area (Å²) in [4.78, 5) is 12.2. The number of hydrogen-bond donors (Lipinski definition) is 3. The molecule has 1 saturated heterocycles. The molecule has 1 fully saturated rings. The third-order valence-corrected chi connectivity index (χ3v) is 3.10. The van der Waals surface area contributed by atoms with Crippen molar-refractivity contribution in [2.24, 2.45) is 0 Å². The van der Waals surface area contributed by atoms with Gasteiger partial charge in [-0.25, -0.2) is 4.79 Å². The Morgan fingerprint density at radius 3 is 2.94 bits per heavy atom. The lowest BCUT2D eigenvalue weighted by Gasteiger charge is -2.14. The van der Waals surface area contributed by atoms with Gasteiger partial charge in [-0.15, -0.1) is 0 Å². The van der Waals surface area contributed by atoms with Crippen LogP contribution in [0.1, 0.15) is 12.0 Å². The number of nitrogens with one attached hydrogen (secondary N) is 1. The maximum atomic E-state index is 10.8. The summed E-state index contributed by atoms with van der Waals surface area (Å²) >= 11 is 0. The summed E-state index contributed by atoms with van der Waals surface area (Å²) in [7, 11) is 0. The van der Waals surface area contributed by atoms with Crippen LogP contribution in [0.4, 0.5) is 10.5 Å². The van der Waals surface area contributed by atoms with Crippen LogP contribution in [0.15, 0.2) is 24.3 Å². The van der Waals surface area contributed by atoms with Gasteiger partial charge < -0.3 is 21.1 Å². The number of rotatable bonds is 3. The molecule has 1 aromatic rings. The molecule has 5 nitrogen and oxygen atoms in total. The minimum atomic E-state index is -0.839. The average molecular weight is 235 g/mol. The number of hydrogen-bond acceptors (Lipinski definition) is 3. The molecule has 1 aliphatic rings. The van der Waals surface area contributed by atoms with Crippen molar-refractivity contribution in [1.29, 1.82) is 0 Å². The van der Waals surface area contributed by atoms with Gasteiger partial charge in [-0.1, -0.05) is 18.2 Å². The lowest BCUT2D eigenvalue weighted by Crippen LogP contribution is -2.34. The van der Waals surface area contributed by atoms with Crippen LogP contribution in [0.3, 0.4) is 0 Å². The first-order chi connectivity index (χ1) is 8.16. The number of para-hydroxylation sites is 1. The summed E-state index contributed by atoms with van der Waals surface area (Å²) in [6.45, 7) is 1.85. The monoisotopic (exact) mass is 235 g/mol. The predicted molar refractivity (Wildman–Crippen MR) is 65.7 cm³/mol. The zero-order valence-electron chi connectivity index (χ0n) is 9.60. The molecular formula is C12H17N3O2. The minimum Gasteiger partial charge on any atom is -0.465 e. The molecule has 1 aromatic carbocycles. The Morgan fingerprint density at radius 2 is 2.29 bits per heavy atom. The summed E-state index contributed by atoms with van der Waals surface area (Å²) < 4.78 is 0. The van der Waals surface area contributed by atoms with Gasteiger partial charge in [0.1, 0.15) is 0 Å². The molecule has 2 rings (SSSR count). The largest absolute Gasteiger partial charge is 0.465 e. The van der Waals surface area contributed by atoms with Crippen molar-refractivity contribution in [3.05, 3.63) is 29.8 Å². The first kappa shape index (κ1) is 11.7. The number of nitrogens with two attached hydrogens (primary N) is 1. The molecule has 0 saturated carbocycles. The fourth-order valence-electron chi connectivity index (χ4n) is 2.05. The van der Waals surface area contributed by atoms with E-state index in [-0.39, 0.29) is 6.04 Å². The molecule has 1 atom stereocenters. The van der Waals surface area contributed by atoms with E-state index < -0.39 is 6.09 Å². The summed E-state index contributed by atoms with van der Waals surface area (Å²) in [5, 5.41) is 12.2. The molecule has 92 valence electrons. The van der Waals surface area contributed by atoms with Gasteiger partial charge in [-0.2, -0.15) is 0 Å². The Labute approximate surface area is 100 Å². The van der Waals surface area contributed by atoms with Gasteiger partial charge in [-0.3, -0.25) is 0 Å². The molecule has 0 bridgehead atoms. The number of likely N-dealkylation sites (tertiary alicyclic amines) is 1. The summed E-state index contributed by atoms with van der Waals surface area (Å²) in [5.74, 6) is 0. The smallest absolute Gasteiger partial charge is 0.407 e. The maximum absolute atomic E-state index is 10.8. The highest BCUT2D eigenvalue weighted by atomic mass is 16.4. The highest BCUT2D eigenvalue weighted by molar-refractivity contribution is 5.65. The van der Waals surface area contributed by atoms with Crippen molar-refractivity contribution in [1.82, 2.24) is 10.2 Å². The summed E-state index contributed by atoms with van der Waals surface area (Å²) in [6, 6.07) is 7.93. The molecular weight excluding hydrogens is 218 g/mol. The van der Waals surface area contributed by atoms with E-state index in [0.717, 1.165) is 17.7 Å². The van der Waals surface area contributed by atoms with Crippen molar-refractivity contribution < 1.29 is 9.90 Å². The molecule has 1 aliphatic heterocycles. The minimum absolute atomic E-state index is 0.228. The Bertz CT molecular complexity index is 408. The number of nitrogens with zero attached hydrogens (tertiary/aromatic N) is 1. The molecule has 0 radical (unpaired) electrons. The van der Waals surface area contributed by atoms with Crippen LogP contribution in [0.2, 0.25) is 0 Å². The Hall–Kier alpha value is -1.75. The highest BCUT2D eigenvalue weighted by Gasteiger charge is 2.25. The molecule has 0 aliphatic carbocycles. The molecule has 17 heavy (non-hydrogen) atoms. The van der Waals surface area contributed by atoms with Crippen LogP contribution in [0.25, 0.3) is 0 Å². The fourth-order valence-corrected chi connectivity index (χ4v) is 2.05. The number of amides is 1. The number of benzene rings is 1. The van der Waals surface area contributed by atoms with E-state index in [9.17, 15) is 4.79 Å². The van der Waals surface area contributed by atoms with Crippen molar-refractivity contribution in [2.75, 3.05) is 18.8 Å². The maximum Gasteiger partial charge on any atom is 0.407 e. The van der Waals surface area contributed by atoms with Crippen molar-refractivity contribution >= 4 is 11.8 Å². The Balaban J connectivity index is 1.84. The number of carboxylic acid groups (broad SMARTS) is 1. The van der Waals surface area contributed by atoms with Crippen LogP contribution in [-0.4, -0.2) is 35.2 Å². The lowest BCUT2D eigenvalue weighted by atomic mass is 10.1. The quantitative estimate of drug-likeness (QED) is 0.686. The van der Waals surface area contributed by atoms with Crippen LogP contribution in [-0.2, 0) is 6.54 Å². The van der Waals surface area contributed by atoms with E-state index in [2.05, 4.69) is 5.32 Å². The van der Waals surface area contributed by atoms with Gasteiger partial charge >= 0.3 is 6.09 Å². The predicted octanol–water partition coefficient (Wildman–Crippen LogP) is 1.11. The van der Waals surface area contributed by atoms with E-state index >= 15 is 0 Å². The van der Waals surface area contributed by atoms with E-state index in [1.54, 1.807) is 0 Å². The molecule has 0 aromatic heterocycles. The van der Waals surface area contributed by atoms with Gasteiger partial charge in [0.15, 0.2) is 0 Å². The lowest BCUT2D eigenvalue weighted by molar-refractivity contribution is 0.154. The Morgan fingerprint density at radius 1 is 1.53 bits per heavy atom. The third kappa shape index (κ3) is 2.88. The van der Waals surface area contributed by atoms with Gasteiger partial charge in [-0.05, 0) is 18.1 Å². The van der Waals surface area contributed by atoms with Gasteiger partial charge in [0, 0.05) is 31.4 Å². The molecule has 1 unspecified atom stereocenters. The molecule has 0 spiro atoms. The van der Waals surface area contributed by atoms with Crippen LogP contribution in [0, 0.1) is 0 Å². The molecule has 1 heterocycles. The normalized spacial score (nSPS) is 19.5. The van der Waals surface area contributed by atoms with Crippen LogP contribution in [0.5, 0.6) is 0 Å². The van der Waals surface area contributed by atoms with E-state index in [1.807, 2.05) is 24.3 Å². The molecule has 4 N–H and O–H groups in total. The third-order valence-electron chi connectivity index (χ3n) is 3.10. The zero-order valence-corrected chi connectivity index (χ0v) is 9.60. The second-order valence-corrected chi connectivity index (χ2v) is 4.29. The van der Waals surface area contributed by atoms with Crippen molar-refractivity contribution in [2.45, 2.75) is 19.0 Å². The summed E-state index contributed by atoms with van der Waals surface area (Å²) in [5.41, 5.74) is 7.66. The number of anilines is 1. The second-order valence-electron chi connectivity index (χ2n) is 4.29. The molecule has 1 amide bonds. The van der Waals surface area contributed by atoms with Gasteiger partial charge in [0.05, 0.1) is 0 Å². The fraction of sp³-hybridized carbons (Fsp3) is 0.417. The van der Waals surface area contributed by atoms with E-state index in [1.165, 1.54) is 4.90 Å². The average Bonchev–Trinajstić information content (AvgIpc) is 2.77. The van der Waals surface area contributed by atoms with E-state index in [0.29, 0.717) is 19.6 Å². The highest BCUT2D eigenvalue weighted by Crippen LogP contribution is 2.13. The summed E-state index contributed by atoms with van der Waals surface area (Å²) in [6.07, 6.45) is 0.0208. The first-order valence-electron chi connectivity index (χ1n) is 5.71. The van der Waals surface area contributed by atoms with Gasteiger partial charge in [0.25, 0.3) is 0 Å². The SMILES string of the molecule is Nc1ccccc1CNC1CCN(C(=O)O)C1. The second kappa shape index (κ2) is 5.05. The zero-order chi connectivity index (χ0) is 12.3. The number of carbonyl (C=O) groups is 1. The first-order valence-corrected chi connectivity index (χ1v) is 5.71. The topological polar surface area (TPSA) is 78.6 Å². The van der Waals surface area contributed by atoms with Crippen molar-refractivity contribution in [3.63, 3.8) is 0 Å². The van der Waals surface area contributed by atoms with Crippen LogP contribution < -0.4 is 11.1 Å².